The van der Waals surface area contributed by atoms with Gasteiger partial charge >= 0.3 is 0 Å². The van der Waals surface area contributed by atoms with Gasteiger partial charge in [-0.05, 0) is 6.42 Å². The lowest BCUT2D eigenvalue weighted by molar-refractivity contribution is 0.291. The highest BCUT2D eigenvalue weighted by Crippen LogP contribution is 1.91. The molecule has 0 aliphatic heterocycles. The molecule has 49 valence electrons. The predicted molar refractivity (Wildman–Crippen MR) is 31.2 cm³/mol. The van der Waals surface area contributed by atoms with Crippen molar-refractivity contribution in [3.63, 3.8) is 0 Å². The van der Waals surface area contributed by atoms with E-state index < -0.39 is 16.0 Å². The normalized spacial score (nSPS) is 14.4. The van der Waals surface area contributed by atoms with E-state index in [1.807, 2.05) is 0 Å². The van der Waals surface area contributed by atoms with Gasteiger partial charge in [0.1, 0.15) is 10.7 Å². The van der Waals surface area contributed by atoms with Crippen LogP contribution in [-0.2, 0) is 10.7 Å². The Labute approximate surface area is 50.3 Å². The highest BCUT2D eigenvalue weighted by atomic mass is 32.2. The Hall–Kier alpha value is -0.0900. The van der Waals surface area contributed by atoms with E-state index in [1.54, 1.807) is 0 Å². The second kappa shape index (κ2) is 3.86. The number of hydrogen-bond acceptors (Lipinski definition) is 3. The van der Waals surface area contributed by atoms with Crippen LogP contribution >= 0.6 is 0 Å². The molecular weight excluding hydrogens is 128 g/mol. The fourth-order valence-corrected chi connectivity index (χ4v) is 0.608. The number of hydrogen-bond donors (Lipinski definition) is 2. The van der Waals surface area contributed by atoms with Crippen molar-refractivity contribution in [1.82, 2.24) is 0 Å². The molecule has 0 aromatic carbocycles. The van der Waals surface area contributed by atoms with E-state index in [2.05, 4.69) is 6.92 Å². The van der Waals surface area contributed by atoms with Crippen LogP contribution in [0.2, 0.25) is 0 Å². The molecule has 1 radical (unpaired) electrons. The molecule has 3 nitrogen and oxygen atoms in total. The van der Waals surface area contributed by atoms with Crippen LogP contribution in [0.1, 0.15) is 6.42 Å². The third-order valence-electron chi connectivity index (χ3n) is 0.842. The molecule has 0 saturated carbocycles. The van der Waals surface area contributed by atoms with E-state index in [1.165, 1.54) is 0 Å². The average molecular weight is 137 g/mol. The summed E-state index contributed by atoms with van der Waals surface area (Å²) in [6.07, 6.45) is 0.245. The summed E-state index contributed by atoms with van der Waals surface area (Å²) in [4.78, 5) is 0. The maximum atomic E-state index is 10.00. The summed E-state index contributed by atoms with van der Waals surface area (Å²) >= 11 is 0. The molecular formula is C4H9O3S. The average Bonchev–Trinajstić information content (AvgIpc) is 1.69. The first-order chi connectivity index (χ1) is 3.72. The summed E-state index contributed by atoms with van der Waals surface area (Å²) in [7, 11) is -2.48. The van der Waals surface area contributed by atoms with Crippen molar-refractivity contribution in [3.05, 3.63) is 6.92 Å². The molecule has 1 N–H and O–H groups in total. The maximum absolute atomic E-state index is 10.00. The minimum absolute atomic E-state index is 0.245. The smallest absolute Gasteiger partial charge is 0.145 e. The van der Waals surface area contributed by atoms with Gasteiger partial charge in [0.05, 0.1) is 11.9 Å². The summed E-state index contributed by atoms with van der Waals surface area (Å²) in [5.74, 6) is 0. The zero-order chi connectivity index (χ0) is 6.57. The molecule has 4 heteroatoms. The van der Waals surface area contributed by atoms with Crippen molar-refractivity contribution in [2.45, 2.75) is 11.7 Å². The lowest BCUT2D eigenvalue weighted by Gasteiger charge is -1.98. The molecule has 0 rings (SSSR count). The Morgan fingerprint density at radius 1 is 1.62 bits per heavy atom. The fraction of sp³-hybridized carbons (Fsp3) is 0.750. The molecule has 0 fully saturated rings. The molecule has 0 spiro atoms. The van der Waals surface area contributed by atoms with Gasteiger partial charge in [0, 0.05) is 0 Å². The molecule has 0 aromatic rings. The van der Waals surface area contributed by atoms with Gasteiger partial charge in [0.15, 0.2) is 0 Å². The van der Waals surface area contributed by atoms with Crippen LogP contribution < -0.4 is 0 Å². The zero-order valence-electron chi connectivity index (χ0n) is 4.41. The number of aliphatic hydroxyl groups is 1. The van der Waals surface area contributed by atoms with Crippen molar-refractivity contribution in [2.75, 3.05) is 6.61 Å². The van der Waals surface area contributed by atoms with Gasteiger partial charge in [-0.2, -0.15) is 0 Å². The first-order valence-electron chi connectivity index (χ1n) is 2.26. The van der Waals surface area contributed by atoms with Crippen LogP contribution in [0.15, 0.2) is 0 Å². The van der Waals surface area contributed by atoms with E-state index in [-0.39, 0.29) is 13.0 Å². The standard InChI is InChI=1S/C4H9O3S/c1-2-4(3-5)8(6)7/h4-5,8H,1-3H2. The van der Waals surface area contributed by atoms with Gasteiger partial charge in [0.2, 0.25) is 0 Å². The number of rotatable bonds is 3. The van der Waals surface area contributed by atoms with E-state index in [0.717, 1.165) is 0 Å². The minimum Gasteiger partial charge on any atom is -0.395 e. The van der Waals surface area contributed by atoms with E-state index in [9.17, 15) is 8.42 Å². The SMILES string of the molecule is [CH2]CC(CO)[SH](=O)=O. The van der Waals surface area contributed by atoms with Crippen molar-refractivity contribution in [1.29, 1.82) is 0 Å². The van der Waals surface area contributed by atoms with E-state index in [4.69, 9.17) is 5.11 Å². The predicted octanol–water partition coefficient (Wildman–Crippen LogP) is -0.817. The molecule has 0 saturated heterocycles. The largest absolute Gasteiger partial charge is 0.395 e. The Kier molecular flexibility index (Phi) is 3.81. The van der Waals surface area contributed by atoms with Gasteiger partial charge in [0.25, 0.3) is 0 Å². The van der Waals surface area contributed by atoms with Crippen LogP contribution in [0.3, 0.4) is 0 Å². The monoisotopic (exact) mass is 137 g/mol. The van der Waals surface area contributed by atoms with Gasteiger partial charge in [-0.1, -0.05) is 6.92 Å². The highest BCUT2D eigenvalue weighted by molar-refractivity contribution is 7.73. The second-order valence-corrected chi connectivity index (χ2v) is 2.71. The number of aliphatic hydroxyl groups excluding tert-OH is 1. The van der Waals surface area contributed by atoms with Crippen molar-refractivity contribution in [2.24, 2.45) is 0 Å². The van der Waals surface area contributed by atoms with E-state index >= 15 is 0 Å². The summed E-state index contributed by atoms with van der Waals surface area (Å²) in [6, 6.07) is 0. The first kappa shape index (κ1) is 7.91. The summed E-state index contributed by atoms with van der Waals surface area (Å²) in [5, 5.41) is 7.62. The van der Waals surface area contributed by atoms with Crippen molar-refractivity contribution < 1.29 is 13.5 Å². The molecule has 0 aromatic heterocycles. The van der Waals surface area contributed by atoms with Crippen LogP contribution in [0, 0.1) is 6.92 Å². The third-order valence-corrected chi connectivity index (χ3v) is 1.86. The van der Waals surface area contributed by atoms with Crippen LogP contribution in [0.25, 0.3) is 0 Å². The van der Waals surface area contributed by atoms with Gasteiger partial charge in [-0.15, -0.1) is 0 Å². The summed E-state index contributed by atoms with van der Waals surface area (Å²) < 4.78 is 20.0. The fourth-order valence-electron chi connectivity index (χ4n) is 0.263. The summed E-state index contributed by atoms with van der Waals surface area (Å²) in [6.45, 7) is 3.02. The maximum Gasteiger partial charge on any atom is 0.145 e. The van der Waals surface area contributed by atoms with Crippen molar-refractivity contribution >= 4 is 10.7 Å². The second-order valence-electron chi connectivity index (χ2n) is 1.41. The number of thiol groups is 1. The van der Waals surface area contributed by atoms with Gasteiger partial charge < -0.3 is 5.11 Å². The molecule has 0 amide bonds. The van der Waals surface area contributed by atoms with Gasteiger partial charge in [-0.25, -0.2) is 8.42 Å². The minimum atomic E-state index is -2.48. The molecule has 0 aliphatic carbocycles. The van der Waals surface area contributed by atoms with Crippen molar-refractivity contribution in [3.8, 4) is 0 Å². The molecule has 1 unspecified atom stereocenters. The lowest BCUT2D eigenvalue weighted by atomic mass is 10.3. The molecule has 0 heterocycles. The Bertz CT molecular complexity index is 106. The van der Waals surface area contributed by atoms with Crippen LogP contribution in [-0.4, -0.2) is 25.4 Å². The molecule has 8 heavy (non-hydrogen) atoms. The van der Waals surface area contributed by atoms with Gasteiger partial charge in [-0.3, -0.25) is 0 Å². The quantitative estimate of drug-likeness (QED) is 0.500. The van der Waals surface area contributed by atoms with Crippen LogP contribution in [0.5, 0.6) is 0 Å². The first-order valence-corrected chi connectivity index (χ1v) is 3.50. The lowest BCUT2D eigenvalue weighted by Crippen LogP contribution is -2.12. The summed E-state index contributed by atoms with van der Waals surface area (Å²) in [5.41, 5.74) is 0. The molecule has 0 aliphatic rings. The highest BCUT2D eigenvalue weighted by Gasteiger charge is 2.04. The Morgan fingerprint density at radius 3 is 2.12 bits per heavy atom. The molecule has 0 bridgehead atoms. The third kappa shape index (κ3) is 2.28. The van der Waals surface area contributed by atoms with E-state index in [0.29, 0.717) is 0 Å². The molecule has 1 atom stereocenters. The van der Waals surface area contributed by atoms with Crippen LogP contribution in [0.4, 0.5) is 0 Å². The Morgan fingerprint density at radius 2 is 2.12 bits per heavy atom. The Balaban J connectivity index is 3.70. The zero-order valence-corrected chi connectivity index (χ0v) is 5.30. The topological polar surface area (TPSA) is 54.4 Å².